The van der Waals surface area contributed by atoms with Crippen molar-refractivity contribution in [3.63, 3.8) is 0 Å². The van der Waals surface area contributed by atoms with Crippen LogP contribution in [0.2, 0.25) is 5.02 Å². The molecular formula is C22H27ClN2O5S. The number of rotatable bonds is 8. The Morgan fingerprint density at radius 3 is 2.32 bits per heavy atom. The predicted octanol–water partition coefficient (Wildman–Crippen LogP) is 4.32. The van der Waals surface area contributed by atoms with Gasteiger partial charge in [0.05, 0.1) is 36.4 Å². The first-order chi connectivity index (χ1) is 14.9. The molecule has 1 amide bonds. The van der Waals surface area contributed by atoms with Crippen LogP contribution in [0.4, 0.5) is 5.69 Å². The number of benzene rings is 2. The predicted molar refractivity (Wildman–Crippen MR) is 120 cm³/mol. The molecule has 0 saturated heterocycles. The molecule has 0 unspecified atom stereocenters. The average Bonchev–Trinajstić information content (AvgIpc) is 2.79. The van der Waals surface area contributed by atoms with Crippen LogP contribution in [-0.2, 0) is 14.8 Å². The van der Waals surface area contributed by atoms with E-state index in [1.54, 1.807) is 36.4 Å². The SMILES string of the molecule is COc1cc(NC(=O)CN(C2CCCCC2)S(=O)(=O)c2ccccc2)c(OC)cc1Cl. The molecule has 1 aliphatic rings. The van der Waals surface area contributed by atoms with E-state index >= 15 is 0 Å². The molecule has 2 aromatic carbocycles. The first-order valence-electron chi connectivity index (χ1n) is 10.1. The van der Waals surface area contributed by atoms with Gasteiger partial charge in [-0.1, -0.05) is 49.1 Å². The van der Waals surface area contributed by atoms with Crippen molar-refractivity contribution in [2.75, 3.05) is 26.1 Å². The zero-order valence-corrected chi connectivity index (χ0v) is 19.2. The fourth-order valence-corrected chi connectivity index (χ4v) is 5.69. The summed E-state index contributed by atoms with van der Waals surface area (Å²) in [6.45, 7) is -0.296. The van der Waals surface area contributed by atoms with E-state index < -0.39 is 15.9 Å². The lowest BCUT2D eigenvalue weighted by Crippen LogP contribution is -2.45. The summed E-state index contributed by atoms with van der Waals surface area (Å²) < 4.78 is 38.6. The fraction of sp³-hybridized carbons (Fsp3) is 0.409. The number of carbonyl (C=O) groups excluding carboxylic acids is 1. The monoisotopic (exact) mass is 466 g/mol. The number of nitrogens with one attached hydrogen (secondary N) is 1. The Morgan fingerprint density at radius 2 is 1.71 bits per heavy atom. The lowest BCUT2D eigenvalue weighted by molar-refractivity contribution is -0.116. The van der Waals surface area contributed by atoms with E-state index in [-0.39, 0.29) is 17.5 Å². The smallest absolute Gasteiger partial charge is 0.243 e. The van der Waals surface area contributed by atoms with Crippen LogP contribution in [0.15, 0.2) is 47.4 Å². The van der Waals surface area contributed by atoms with Crippen LogP contribution in [0.25, 0.3) is 0 Å². The number of carbonyl (C=O) groups is 1. The van der Waals surface area contributed by atoms with Gasteiger partial charge in [0, 0.05) is 18.2 Å². The molecule has 1 fully saturated rings. The van der Waals surface area contributed by atoms with Gasteiger partial charge in [-0.05, 0) is 25.0 Å². The van der Waals surface area contributed by atoms with E-state index in [1.165, 1.54) is 24.6 Å². The Bertz CT molecular complexity index is 1010. The topological polar surface area (TPSA) is 84.9 Å². The second-order valence-electron chi connectivity index (χ2n) is 7.39. The van der Waals surface area contributed by atoms with Gasteiger partial charge < -0.3 is 14.8 Å². The molecule has 0 heterocycles. The van der Waals surface area contributed by atoms with Gasteiger partial charge in [-0.2, -0.15) is 4.31 Å². The summed E-state index contributed by atoms with van der Waals surface area (Å²) in [4.78, 5) is 13.1. The van der Waals surface area contributed by atoms with Crippen molar-refractivity contribution < 1.29 is 22.7 Å². The molecule has 0 spiro atoms. The quantitative estimate of drug-likeness (QED) is 0.626. The van der Waals surface area contributed by atoms with Crippen LogP contribution in [0, 0.1) is 0 Å². The second-order valence-corrected chi connectivity index (χ2v) is 9.69. The van der Waals surface area contributed by atoms with Crippen LogP contribution >= 0.6 is 11.6 Å². The lowest BCUT2D eigenvalue weighted by atomic mass is 9.95. The molecule has 0 bridgehead atoms. The maximum Gasteiger partial charge on any atom is 0.243 e. The van der Waals surface area contributed by atoms with E-state index in [4.69, 9.17) is 21.1 Å². The van der Waals surface area contributed by atoms with E-state index in [2.05, 4.69) is 5.32 Å². The van der Waals surface area contributed by atoms with Gasteiger partial charge in [-0.3, -0.25) is 4.79 Å². The average molecular weight is 467 g/mol. The summed E-state index contributed by atoms with van der Waals surface area (Å²) in [7, 11) is -0.899. The number of anilines is 1. The number of methoxy groups -OCH3 is 2. The fourth-order valence-electron chi connectivity index (χ4n) is 3.80. The normalized spacial score (nSPS) is 15.0. The zero-order chi connectivity index (χ0) is 22.4. The highest BCUT2D eigenvalue weighted by Gasteiger charge is 2.34. The molecule has 2 aromatic rings. The van der Waals surface area contributed by atoms with Crippen molar-refractivity contribution in [2.24, 2.45) is 0 Å². The molecule has 0 aliphatic heterocycles. The van der Waals surface area contributed by atoms with Crippen LogP contribution in [-0.4, -0.2) is 45.4 Å². The highest BCUT2D eigenvalue weighted by Crippen LogP contribution is 2.36. The summed E-state index contributed by atoms with van der Waals surface area (Å²) in [5, 5.41) is 3.09. The van der Waals surface area contributed by atoms with Gasteiger partial charge in [-0.25, -0.2) is 8.42 Å². The second kappa shape index (κ2) is 10.3. The number of halogens is 1. The Morgan fingerprint density at radius 1 is 1.06 bits per heavy atom. The molecule has 0 radical (unpaired) electrons. The van der Waals surface area contributed by atoms with Crippen LogP contribution in [0.3, 0.4) is 0 Å². The van der Waals surface area contributed by atoms with Gasteiger partial charge in [-0.15, -0.1) is 0 Å². The standard InChI is InChI=1S/C22H27ClN2O5S/c1-29-20-14-19(21(30-2)13-18(20)23)24-22(26)15-25(16-9-5-3-6-10-16)31(27,28)17-11-7-4-8-12-17/h4,7-8,11-14,16H,3,5-6,9-10,15H2,1-2H3,(H,24,26). The summed E-state index contributed by atoms with van der Waals surface area (Å²) in [6.07, 6.45) is 4.42. The molecule has 7 nitrogen and oxygen atoms in total. The minimum absolute atomic E-state index is 0.180. The summed E-state index contributed by atoms with van der Waals surface area (Å²) in [5.41, 5.74) is 0.356. The van der Waals surface area contributed by atoms with E-state index in [9.17, 15) is 13.2 Å². The molecule has 1 saturated carbocycles. The van der Waals surface area contributed by atoms with E-state index in [1.807, 2.05) is 0 Å². The number of ether oxygens (including phenoxy) is 2. The third-order valence-corrected chi connectivity index (χ3v) is 7.59. The van der Waals surface area contributed by atoms with Crippen LogP contribution in [0.1, 0.15) is 32.1 Å². The maximum absolute atomic E-state index is 13.4. The zero-order valence-electron chi connectivity index (χ0n) is 17.6. The minimum atomic E-state index is -3.83. The molecule has 0 atom stereocenters. The third kappa shape index (κ3) is 5.50. The largest absolute Gasteiger partial charge is 0.495 e. The van der Waals surface area contributed by atoms with Gasteiger partial charge in [0.2, 0.25) is 15.9 Å². The van der Waals surface area contributed by atoms with Crippen molar-refractivity contribution in [1.29, 1.82) is 0 Å². The Balaban J connectivity index is 1.87. The maximum atomic E-state index is 13.4. The van der Waals surface area contributed by atoms with Gasteiger partial charge in [0.15, 0.2) is 0 Å². The van der Waals surface area contributed by atoms with Crippen LogP contribution < -0.4 is 14.8 Å². The minimum Gasteiger partial charge on any atom is -0.495 e. The molecule has 31 heavy (non-hydrogen) atoms. The van der Waals surface area contributed by atoms with Crippen LogP contribution in [0.5, 0.6) is 11.5 Å². The first kappa shape index (κ1) is 23.4. The first-order valence-corrected chi connectivity index (χ1v) is 12.0. The number of nitrogens with zero attached hydrogens (tertiary/aromatic N) is 1. The molecule has 168 valence electrons. The summed E-state index contributed by atoms with van der Waals surface area (Å²) >= 11 is 6.13. The highest BCUT2D eigenvalue weighted by atomic mass is 35.5. The molecule has 0 aromatic heterocycles. The van der Waals surface area contributed by atoms with Crippen molar-refractivity contribution in [1.82, 2.24) is 4.31 Å². The molecule has 1 aliphatic carbocycles. The molecular weight excluding hydrogens is 440 g/mol. The third-order valence-electron chi connectivity index (χ3n) is 5.38. The van der Waals surface area contributed by atoms with E-state index in [0.717, 1.165) is 32.1 Å². The van der Waals surface area contributed by atoms with Crippen molar-refractivity contribution in [3.8, 4) is 11.5 Å². The number of sulfonamides is 1. The Labute approximate surface area is 188 Å². The Hall–Kier alpha value is -2.29. The van der Waals surface area contributed by atoms with Crippen molar-refractivity contribution >= 4 is 33.2 Å². The summed E-state index contributed by atoms with van der Waals surface area (Å²) in [5.74, 6) is 0.265. The van der Waals surface area contributed by atoms with E-state index in [0.29, 0.717) is 22.2 Å². The molecule has 3 rings (SSSR count). The van der Waals surface area contributed by atoms with Crippen molar-refractivity contribution in [2.45, 2.75) is 43.0 Å². The van der Waals surface area contributed by atoms with Crippen molar-refractivity contribution in [3.05, 3.63) is 47.5 Å². The van der Waals surface area contributed by atoms with Gasteiger partial charge in [0.25, 0.3) is 0 Å². The number of amides is 1. The lowest BCUT2D eigenvalue weighted by Gasteiger charge is -2.33. The van der Waals surface area contributed by atoms with Gasteiger partial charge >= 0.3 is 0 Å². The number of hydrogen-bond acceptors (Lipinski definition) is 5. The Kier molecular flexibility index (Phi) is 7.80. The summed E-state index contributed by atoms with van der Waals surface area (Å²) in [6, 6.07) is 11.1. The molecule has 9 heteroatoms. The highest BCUT2D eigenvalue weighted by molar-refractivity contribution is 7.89. The van der Waals surface area contributed by atoms with Gasteiger partial charge in [0.1, 0.15) is 11.5 Å². The molecule has 1 N–H and O–H groups in total. The number of hydrogen-bond donors (Lipinski definition) is 1.